The van der Waals surface area contributed by atoms with E-state index in [-0.39, 0.29) is 12.1 Å². The Morgan fingerprint density at radius 2 is 2.10 bits per heavy atom. The molecule has 1 fully saturated rings. The first-order chi connectivity index (χ1) is 9.37. The average molecular weight is 279 g/mol. The van der Waals surface area contributed by atoms with Crippen LogP contribution in [0, 0.1) is 0 Å². The number of amides is 1. The summed E-state index contributed by atoms with van der Waals surface area (Å²) in [5.41, 5.74) is 0.568. The number of hydrogen-bond acceptors (Lipinski definition) is 3. The van der Waals surface area contributed by atoms with Gasteiger partial charge in [-0.05, 0) is 40.5 Å². The maximum Gasteiger partial charge on any atom is 0.408 e. The summed E-state index contributed by atoms with van der Waals surface area (Å²) >= 11 is 0. The van der Waals surface area contributed by atoms with Crippen LogP contribution in [0.5, 0.6) is 0 Å². The van der Waals surface area contributed by atoms with Crippen LogP contribution >= 0.6 is 0 Å². The third kappa shape index (κ3) is 3.74. The molecule has 0 radical (unpaired) electrons. The summed E-state index contributed by atoms with van der Waals surface area (Å²) in [6, 6.07) is 0.420. The molecule has 5 nitrogen and oxygen atoms in total. The molecule has 20 heavy (non-hydrogen) atoms. The Hall–Kier alpha value is -1.52. The number of imidazole rings is 1. The Bertz CT molecular complexity index is 456. The van der Waals surface area contributed by atoms with Gasteiger partial charge in [0.1, 0.15) is 5.60 Å². The average Bonchev–Trinajstić information content (AvgIpc) is 2.97. The lowest BCUT2D eigenvalue weighted by Crippen LogP contribution is -2.34. The molecule has 1 aromatic rings. The molecule has 1 aromatic heterocycles. The maximum atomic E-state index is 11.8. The predicted octanol–water partition coefficient (Wildman–Crippen LogP) is 3.58. The third-order valence-electron chi connectivity index (χ3n) is 3.59. The number of hydrogen-bond donors (Lipinski definition) is 1. The predicted molar refractivity (Wildman–Crippen MR) is 77.5 cm³/mol. The van der Waals surface area contributed by atoms with E-state index >= 15 is 0 Å². The molecule has 0 spiro atoms. The van der Waals surface area contributed by atoms with Crippen molar-refractivity contribution in [1.29, 1.82) is 0 Å². The third-order valence-corrected chi connectivity index (χ3v) is 3.59. The summed E-state index contributed by atoms with van der Waals surface area (Å²) in [6.45, 7) is 7.55. The van der Waals surface area contributed by atoms with E-state index in [1.54, 1.807) is 0 Å². The summed E-state index contributed by atoms with van der Waals surface area (Å²) in [5.74, 6) is 0. The van der Waals surface area contributed by atoms with Gasteiger partial charge in [0, 0.05) is 6.04 Å². The monoisotopic (exact) mass is 279 g/mol. The van der Waals surface area contributed by atoms with Gasteiger partial charge >= 0.3 is 6.09 Å². The number of ether oxygens (including phenoxy) is 1. The molecule has 1 atom stereocenters. The van der Waals surface area contributed by atoms with Crippen LogP contribution in [-0.4, -0.2) is 21.2 Å². The van der Waals surface area contributed by atoms with Crippen molar-refractivity contribution < 1.29 is 9.53 Å². The van der Waals surface area contributed by atoms with E-state index in [0.29, 0.717) is 6.04 Å². The summed E-state index contributed by atoms with van der Waals surface area (Å²) in [4.78, 5) is 16.1. The Labute approximate surface area is 120 Å². The smallest absolute Gasteiger partial charge is 0.408 e. The van der Waals surface area contributed by atoms with Gasteiger partial charge in [0.05, 0.1) is 24.3 Å². The highest BCUT2D eigenvalue weighted by Gasteiger charge is 2.23. The van der Waals surface area contributed by atoms with Gasteiger partial charge < -0.3 is 14.6 Å². The zero-order chi connectivity index (χ0) is 14.8. The van der Waals surface area contributed by atoms with Crippen molar-refractivity contribution in [3.63, 3.8) is 0 Å². The first-order valence-corrected chi connectivity index (χ1v) is 7.38. The maximum absolute atomic E-state index is 11.8. The largest absolute Gasteiger partial charge is 0.444 e. The van der Waals surface area contributed by atoms with Crippen molar-refractivity contribution in [3.8, 4) is 0 Å². The Kier molecular flexibility index (Phi) is 4.35. The van der Waals surface area contributed by atoms with Crippen molar-refractivity contribution in [3.05, 3.63) is 18.2 Å². The number of nitrogens with one attached hydrogen (secondary N) is 1. The minimum Gasteiger partial charge on any atom is -0.444 e. The van der Waals surface area contributed by atoms with Crippen LogP contribution in [0.2, 0.25) is 0 Å². The minimum atomic E-state index is -0.477. The van der Waals surface area contributed by atoms with E-state index in [4.69, 9.17) is 4.74 Å². The fourth-order valence-corrected chi connectivity index (χ4v) is 2.70. The molecule has 1 aliphatic carbocycles. The molecular weight excluding hydrogens is 254 g/mol. The van der Waals surface area contributed by atoms with Gasteiger partial charge in [-0.2, -0.15) is 0 Å². The van der Waals surface area contributed by atoms with E-state index in [9.17, 15) is 4.79 Å². The fraction of sp³-hybridized carbons (Fsp3) is 0.733. The zero-order valence-electron chi connectivity index (χ0n) is 12.8. The Balaban J connectivity index is 2.00. The van der Waals surface area contributed by atoms with Gasteiger partial charge in [-0.1, -0.05) is 12.8 Å². The molecule has 1 saturated carbocycles. The minimum absolute atomic E-state index is 0.104. The lowest BCUT2D eigenvalue weighted by Gasteiger charge is -2.23. The Morgan fingerprint density at radius 3 is 2.70 bits per heavy atom. The molecule has 0 aromatic carbocycles. The summed E-state index contributed by atoms with van der Waals surface area (Å²) in [5, 5.41) is 2.88. The van der Waals surface area contributed by atoms with Crippen molar-refractivity contribution in [2.24, 2.45) is 0 Å². The van der Waals surface area contributed by atoms with Gasteiger partial charge in [-0.15, -0.1) is 0 Å². The van der Waals surface area contributed by atoms with Gasteiger partial charge in [-0.25, -0.2) is 9.78 Å². The Morgan fingerprint density at radius 1 is 1.45 bits per heavy atom. The quantitative estimate of drug-likeness (QED) is 0.920. The first-order valence-electron chi connectivity index (χ1n) is 7.38. The van der Waals surface area contributed by atoms with Crippen LogP contribution in [0.4, 0.5) is 4.79 Å². The lowest BCUT2D eigenvalue weighted by atomic mass is 10.2. The molecule has 5 heteroatoms. The summed E-state index contributed by atoms with van der Waals surface area (Å²) in [6.07, 6.45) is 8.26. The molecule has 1 amide bonds. The molecular formula is C15H25N3O2. The highest BCUT2D eigenvalue weighted by Crippen LogP contribution is 2.31. The van der Waals surface area contributed by atoms with E-state index in [0.717, 1.165) is 5.69 Å². The zero-order valence-corrected chi connectivity index (χ0v) is 12.8. The van der Waals surface area contributed by atoms with Crippen LogP contribution in [0.15, 0.2) is 12.5 Å². The number of carbonyl (C=O) groups excluding carboxylic acids is 1. The molecule has 0 saturated heterocycles. The molecule has 1 aliphatic rings. The van der Waals surface area contributed by atoms with E-state index in [2.05, 4.69) is 14.9 Å². The summed E-state index contributed by atoms with van der Waals surface area (Å²) in [7, 11) is 0. The second kappa shape index (κ2) is 5.85. The van der Waals surface area contributed by atoms with Gasteiger partial charge in [0.15, 0.2) is 0 Å². The number of nitrogens with zero attached hydrogens (tertiary/aromatic N) is 2. The van der Waals surface area contributed by atoms with Crippen LogP contribution < -0.4 is 5.32 Å². The second-order valence-corrected chi connectivity index (χ2v) is 6.53. The second-order valence-electron chi connectivity index (χ2n) is 6.53. The molecule has 1 heterocycles. The van der Waals surface area contributed by atoms with Crippen LogP contribution in [0.25, 0.3) is 0 Å². The van der Waals surface area contributed by atoms with E-state index < -0.39 is 5.60 Å². The van der Waals surface area contributed by atoms with Crippen molar-refractivity contribution in [1.82, 2.24) is 14.9 Å². The molecule has 1 N–H and O–H groups in total. The molecule has 112 valence electrons. The number of aromatic nitrogens is 2. The van der Waals surface area contributed by atoms with Crippen molar-refractivity contribution in [2.45, 2.75) is 71.1 Å². The van der Waals surface area contributed by atoms with Crippen molar-refractivity contribution >= 4 is 6.09 Å². The van der Waals surface area contributed by atoms with Gasteiger partial charge in [0.25, 0.3) is 0 Å². The van der Waals surface area contributed by atoms with E-state index in [1.165, 1.54) is 25.7 Å². The number of alkyl carbamates (subject to hydrolysis) is 1. The van der Waals surface area contributed by atoms with Gasteiger partial charge in [-0.3, -0.25) is 0 Å². The first kappa shape index (κ1) is 14.9. The molecule has 2 rings (SSSR count). The number of carbonyl (C=O) groups is 1. The van der Waals surface area contributed by atoms with E-state index in [1.807, 2.05) is 40.2 Å². The summed E-state index contributed by atoms with van der Waals surface area (Å²) < 4.78 is 7.50. The van der Waals surface area contributed by atoms with Gasteiger partial charge in [0.2, 0.25) is 0 Å². The number of rotatable bonds is 3. The van der Waals surface area contributed by atoms with Crippen LogP contribution in [0.1, 0.15) is 71.2 Å². The highest BCUT2D eigenvalue weighted by molar-refractivity contribution is 5.68. The fourth-order valence-electron chi connectivity index (χ4n) is 2.70. The molecule has 0 aliphatic heterocycles. The molecule has 0 unspecified atom stereocenters. The highest BCUT2D eigenvalue weighted by atomic mass is 16.6. The van der Waals surface area contributed by atoms with Crippen molar-refractivity contribution in [2.75, 3.05) is 0 Å². The topological polar surface area (TPSA) is 56.1 Å². The molecule has 0 bridgehead atoms. The lowest BCUT2D eigenvalue weighted by molar-refractivity contribution is 0.0505. The SMILES string of the molecule is C[C@@H](NC(=O)OC(C)(C)C)c1cncn1C1CCCC1. The van der Waals surface area contributed by atoms with Crippen LogP contribution in [-0.2, 0) is 4.74 Å². The van der Waals surface area contributed by atoms with Crippen LogP contribution in [0.3, 0.4) is 0 Å². The normalized spacial score (nSPS) is 18.0. The standard InChI is InChI=1S/C15H25N3O2/c1-11(17-14(19)20-15(2,3)4)13-9-16-10-18(13)12-7-5-6-8-12/h9-12H,5-8H2,1-4H3,(H,17,19)/t11-/m1/s1.